The number of hydrogen-bond donors (Lipinski definition) is 2. The Labute approximate surface area is 118 Å². The number of fused-ring (bicyclic) bond motifs is 3. The smallest absolute Gasteiger partial charge is 0.376 e. The summed E-state index contributed by atoms with van der Waals surface area (Å²) in [5.41, 5.74) is 0.803. The molecule has 2 heterocycles. The molecule has 0 radical (unpaired) electrons. The van der Waals surface area contributed by atoms with Gasteiger partial charge in [-0.2, -0.15) is 0 Å². The molecule has 2 N–H and O–H groups in total. The number of aromatic carboxylic acids is 1. The fourth-order valence-electron chi connectivity index (χ4n) is 2.19. The van der Waals surface area contributed by atoms with E-state index in [9.17, 15) is 14.7 Å². The van der Waals surface area contributed by atoms with Crippen molar-refractivity contribution in [3.8, 4) is 0 Å². The zero-order chi connectivity index (χ0) is 15.0. The SMILES string of the molecule is CCOC(=O)c1nc(C(=O)O)c2c(n1)[nH]c1ccccc12. The summed E-state index contributed by atoms with van der Waals surface area (Å²) in [5, 5.41) is 10.4. The first-order chi connectivity index (χ1) is 10.1. The fraction of sp³-hybridized carbons (Fsp3) is 0.143. The van der Waals surface area contributed by atoms with Gasteiger partial charge in [-0.1, -0.05) is 18.2 Å². The Bertz CT molecular complexity index is 869. The molecule has 0 aliphatic carbocycles. The lowest BCUT2D eigenvalue weighted by molar-refractivity contribution is 0.0512. The van der Waals surface area contributed by atoms with Crippen molar-refractivity contribution in [1.82, 2.24) is 15.0 Å². The number of H-pyrrole nitrogens is 1. The van der Waals surface area contributed by atoms with Crippen molar-refractivity contribution < 1.29 is 19.4 Å². The lowest BCUT2D eigenvalue weighted by Crippen LogP contribution is -2.13. The van der Waals surface area contributed by atoms with Crippen molar-refractivity contribution in [3.63, 3.8) is 0 Å². The van der Waals surface area contributed by atoms with Crippen molar-refractivity contribution in [2.45, 2.75) is 6.92 Å². The number of hydrogen-bond acceptors (Lipinski definition) is 5. The molecule has 0 saturated heterocycles. The van der Waals surface area contributed by atoms with Crippen LogP contribution >= 0.6 is 0 Å². The normalized spacial score (nSPS) is 10.9. The molecule has 0 saturated carbocycles. The van der Waals surface area contributed by atoms with Crippen LogP contribution in [0.15, 0.2) is 24.3 Å². The lowest BCUT2D eigenvalue weighted by Gasteiger charge is -2.02. The number of carboxylic acid groups (broad SMARTS) is 1. The number of para-hydroxylation sites is 1. The monoisotopic (exact) mass is 285 g/mol. The predicted octanol–water partition coefficient (Wildman–Crippen LogP) is 1.99. The molecule has 3 rings (SSSR count). The van der Waals surface area contributed by atoms with Gasteiger partial charge in [0.2, 0.25) is 5.82 Å². The Balaban J connectivity index is 2.35. The summed E-state index contributed by atoms with van der Waals surface area (Å²) in [6.45, 7) is 1.81. The molecule has 106 valence electrons. The van der Waals surface area contributed by atoms with E-state index in [1.54, 1.807) is 25.1 Å². The predicted molar refractivity (Wildman–Crippen MR) is 74.3 cm³/mol. The third kappa shape index (κ3) is 2.08. The van der Waals surface area contributed by atoms with E-state index in [1.165, 1.54) is 0 Å². The number of ether oxygens (including phenoxy) is 1. The fourth-order valence-corrected chi connectivity index (χ4v) is 2.19. The standard InChI is InChI=1S/C14H11N3O4/c1-2-21-14(20)12-16-10(13(18)19)9-7-5-3-4-6-8(7)15-11(9)17-12/h3-6H,2H2,1H3,(H,18,19)(H,15,16,17). The van der Waals surface area contributed by atoms with Crippen molar-refractivity contribution in [2.24, 2.45) is 0 Å². The second-order valence-electron chi connectivity index (χ2n) is 4.32. The second-order valence-corrected chi connectivity index (χ2v) is 4.32. The van der Waals surface area contributed by atoms with Gasteiger partial charge in [0.25, 0.3) is 0 Å². The number of carboxylic acids is 1. The molecule has 0 fully saturated rings. The number of nitrogens with one attached hydrogen (secondary N) is 1. The minimum absolute atomic E-state index is 0.162. The maximum Gasteiger partial charge on any atom is 0.376 e. The molecule has 7 heteroatoms. The molecule has 21 heavy (non-hydrogen) atoms. The third-order valence-electron chi connectivity index (χ3n) is 3.02. The largest absolute Gasteiger partial charge is 0.476 e. The van der Waals surface area contributed by atoms with Gasteiger partial charge in [0, 0.05) is 10.9 Å². The molecule has 0 atom stereocenters. The number of carbonyl (C=O) groups excluding carboxylic acids is 1. The molecular formula is C14H11N3O4. The number of carbonyl (C=O) groups is 2. The molecule has 1 aromatic carbocycles. The first kappa shape index (κ1) is 13.0. The van der Waals surface area contributed by atoms with Gasteiger partial charge in [-0.05, 0) is 13.0 Å². The van der Waals surface area contributed by atoms with Gasteiger partial charge in [-0.25, -0.2) is 19.6 Å². The van der Waals surface area contributed by atoms with E-state index in [1.807, 2.05) is 6.07 Å². The van der Waals surface area contributed by atoms with Crippen LogP contribution < -0.4 is 0 Å². The highest BCUT2D eigenvalue weighted by Crippen LogP contribution is 2.26. The summed E-state index contributed by atoms with van der Waals surface area (Å²) < 4.78 is 4.81. The number of rotatable bonds is 3. The van der Waals surface area contributed by atoms with Crippen LogP contribution in [0.3, 0.4) is 0 Å². The van der Waals surface area contributed by atoms with Crippen molar-refractivity contribution in [2.75, 3.05) is 6.61 Å². The maximum atomic E-state index is 11.7. The quantitative estimate of drug-likeness (QED) is 0.713. The molecular weight excluding hydrogens is 274 g/mol. The highest BCUT2D eigenvalue weighted by atomic mass is 16.5. The van der Waals surface area contributed by atoms with Crippen molar-refractivity contribution in [1.29, 1.82) is 0 Å². The van der Waals surface area contributed by atoms with Crippen LogP contribution in [0.25, 0.3) is 21.9 Å². The van der Waals surface area contributed by atoms with Gasteiger partial charge >= 0.3 is 11.9 Å². The number of benzene rings is 1. The Hall–Kier alpha value is -2.96. The molecule has 0 aliphatic heterocycles. The van der Waals surface area contributed by atoms with Crippen LogP contribution in [0.4, 0.5) is 0 Å². The molecule has 3 aromatic rings. The van der Waals surface area contributed by atoms with E-state index in [0.29, 0.717) is 16.4 Å². The minimum Gasteiger partial charge on any atom is -0.476 e. The first-order valence-electron chi connectivity index (χ1n) is 6.30. The van der Waals surface area contributed by atoms with Crippen LogP contribution in [-0.2, 0) is 4.74 Å². The van der Waals surface area contributed by atoms with Gasteiger partial charge in [-0.3, -0.25) is 0 Å². The second kappa shape index (κ2) is 4.86. The van der Waals surface area contributed by atoms with Gasteiger partial charge in [0.05, 0.1) is 12.0 Å². The van der Waals surface area contributed by atoms with Gasteiger partial charge < -0.3 is 14.8 Å². The molecule has 0 aliphatic rings. The van der Waals surface area contributed by atoms with E-state index in [2.05, 4.69) is 15.0 Å². The van der Waals surface area contributed by atoms with Crippen LogP contribution in [0.2, 0.25) is 0 Å². The van der Waals surface area contributed by atoms with Crippen molar-refractivity contribution >= 4 is 33.9 Å². The van der Waals surface area contributed by atoms with E-state index in [4.69, 9.17) is 4.74 Å². The maximum absolute atomic E-state index is 11.7. The number of esters is 1. The summed E-state index contributed by atoms with van der Waals surface area (Å²) in [6, 6.07) is 7.18. The highest BCUT2D eigenvalue weighted by molar-refractivity contribution is 6.14. The van der Waals surface area contributed by atoms with Crippen LogP contribution in [0.5, 0.6) is 0 Å². The minimum atomic E-state index is -1.22. The molecule has 0 amide bonds. The highest BCUT2D eigenvalue weighted by Gasteiger charge is 2.21. The summed E-state index contributed by atoms with van der Waals surface area (Å²) in [6.07, 6.45) is 0. The Kier molecular flexibility index (Phi) is 3.02. The number of nitrogens with zero attached hydrogens (tertiary/aromatic N) is 2. The van der Waals surface area contributed by atoms with Crippen LogP contribution in [0, 0.1) is 0 Å². The summed E-state index contributed by atoms with van der Waals surface area (Å²) in [4.78, 5) is 34.1. The third-order valence-corrected chi connectivity index (χ3v) is 3.02. The molecule has 2 aromatic heterocycles. The zero-order valence-electron chi connectivity index (χ0n) is 11.1. The van der Waals surface area contributed by atoms with Crippen LogP contribution in [-0.4, -0.2) is 38.6 Å². The molecule has 0 bridgehead atoms. The van der Waals surface area contributed by atoms with Gasteiger partial charge in [0.1, 0.15) is 5.65 Å². The summed E-state index contributed by atoms with van der Waals surface area (Å²) >= 11 is 0. The molecule has 7 nitrogen and oxygen atoms in total. The topological polar surface area (TPSA) is 105 Å². The Morgan fingerprint density at radius 2 is 2.05 bits per heavy atom. The summed E-state index contributed by atoms with van der Waals surface area (Å²) in [7, 11) is 0. The Morgan fingerprint density at radius 1 is 1.29 bits per heavy atom. The van der Waals surface area contributed by atoms with Gasteiger partial charge in [0.15, 0.2) is 5.69 Å². The van der Waals surface area contributed by atoms with E-state index in [-0.39, 0.29) is 18.1 Å². The molecule has 0 unspecified atom stereocenters. The first-order valence-corrected chi connectivity index (χ1v) is 6.30. The zero-order valence-corrected chi connectivity index (χ0v) is 11.1. The number of aromatic amines is 1. The van der Waals surface area contributed by atoms with E-state index < -0.39 is 11.9 Å². The average molecular weight is 285 g/mol. The van der Waals surface area contributed by atoms with Gasteiger partial charge in [-0.15, -0.1) is 0 Å². The Morgan fingerprint density at radius 3 is 2.76 bits per heavy atom. The molecule has 0 spiro atoms. The van der Waals surface area contributed by atoms with Crippen molar-refractivity contribution in [3.05, 3.63) is 35.8 Å². The summed E-state index contributed by atoms with van der Waals surface area (Å²) in [5.74, 6) is -2.24. The van der Waals surface area contributed by atoms with E-state index in [0.717, 1.165) is 5.52 Å². The lowest BCUT2D eigenvalue weighted by atomic mass is 10.1. The average Bonchev–Trinajstić information content (AvgIpc) is 2.84. The number of aromatic nitrogens is 3. The van der Waals surface area contributed by atoms with E-state index >= 15 is 0 Å². The van der Waals surface area contributed by atoms with Crippen LogP contribution in [0.1, 0.15) is 28.0 Å².